The maximum atomic E-state index is 11.6. The molecule has 20 heavy (non-hydrogen) atoms. The van der Waals surface area contributed by atoms with Gasteiger partial charge in [-0.05, 0) is 32.7 Å². The van der Waals surface area contributed by atoms with Crippen molar-refractivity contribution in [1.29, 1.82) is 0 Å². The number of nitrogens with one attached hydrogen (secondary N) is 1. The van der Waals surface area contributed by atoms with E-state index in [1.54, 1.807) is 18.8 Å². The molecule has 0 spiro atoms. The Morgan fingerprint density at radius 1 is 1.45 bits per heavy atom. The Morgan fingerprint density at radius 2 is 2.20 bits per heavy atom. The molecule has 7 heteroatoms. The Hall–Kier alpha value is -1.08. The van der Waals surface area contributed by atoms with Crippen LogP contribution in [0.25, 0.3) is 0 Å². The lowest BCUT2D eigenvalue weighted by Crippen LogP contribution is -2.37. The predicted octanol–water partition coefficient (Wildman–Crippen LogP) is 1.34. The highest BCUT2D eigenvalue weighted by Crippen LogP contribution is 2.45. The summed E-state index contributed by atoms with van der Waals surface area (Å²) in [6, 6.07) is 0.271. The lowest BCUT2D eigenvalue weighted by molar-refractivity contribution is -0.142. The molecule has 1 aromatic rings. The van der Waals surface area contributed by atoms with E-state index < -0.39 is 0 Å². The van der Waals surface area contributed by atoms with Gasteiger partial charge in [0.2, 0.25) is 0 Å². The molecular weight excluding hydrogens is 276 g/mol. The van der Waals surface area contributed by atoms with Crippen LogP contribution >= 0.6 is 11.8 Å². The van der Waals surface area contributed by atoms with Crippen molar-refractivity contribution in [3.63, 3.8) is 0 Å². The van der Waals surface area contributed by atoms with Gasteiger partial charge >= 0.3 is 5.97 Å². The zero-order chi connectivity index (χ0) is 14.1. The lowest BCUT2D eigenvalue weighted by Gasteiger charge is -2.13. The molecule has 1 atom stereocenters. The summed E-state index contributed by atoms with van der Waals surface area (Å²) in [5, 5.41) is 12.6. The van der Waals surface area contributed by atoms with Gasteiger partial charge < -0.3 is 14.6 Å². The number of methoxy groups -OCH3 is 1. The number of carbonyl (C=O) groups is 1. The van der Waals surface area contributed by atoms with E-state index in [-0.39, 0.29) is 12.0 Å². The van der Waals surface area contributed by atoms with Gasteiger partial charge in [-0.3, -0.25) is 4.79 Å². The first-order valence-electron chi connectivity index (χ1n) is 7.07. The van der Waals surface area contributed by atoms with Gasteiger partial charge in [0, 0.05) is 17.7 Å². The van der Waals surface area contributed by atoms with Crippen LogP contribution in [0.3, 0.4) is 0 Å². The summed E-state index contributed by atoms with van der Waals surface area (Å²) in [4.78, 5) is 11.6. The Labute approximate surface area is 122 Å². The molecule has 2 fully saturated rings. The zero-order valence-electron chi connectivity index (χ0n) is 11.8. The Kier molecular flexibility index (Phi) is 3.98. The highest BCUT2D eigenvalue weighted by atomic mass is 32.2. The second kappa shape index (κ2) is 5.73. The highest BCUT2D eigenvalue weighted by molar-refractivity contribution is 7.99. The molecule has 0 radical (unpaired) electrons. The van der Waals surface area contributed by atoms with Crippen molar-refractivity contribution in [3.8, 4) is 0 Å². The number of ether oxygens (including phenoxy) is 1. The third-order valence-electron chi connectivity index (χ3n) is 3.76. The maximum Gasteiger partial charge on any atom is 0.323 e. The molecule has 2 aliphatic rings. The summed E-state index contributed by atoms with van der Waals surface area (Å²) in [7, 11) is 3.18. The monoisotopic (exact) mass is 296 g/mol. The SMILES string of the molecule is CNC(CSc1nnc(C2CC2)n1C1CC1)C(=O)OC. The number of aromatic nitrogens is 3. The summed E-state index contributed by atoms with van der Waals surface area (Å²) in [5.74, 6) is 2.13. The molecule has 0 aromatic carbocycles. The van der Waals surface area contributed by atoms with E-state index in [0.717, 1.165) is 11.0 Å². The third kappa shape index (κ3) is 2.83. The van der Waals surface area contributed by atoms with E-state index in [0.29, 0.717) is 17.7 Å². The van der Waals surface area contributed by atoms with Gasteiger partial charge in [-0.2, -0.15) is 0 Å². The van der Waals surface area contributed by atoms with Crippen LogP contribution in [0.4, 0.5) is 0 Å². The molecule has 1 unspecified atom stereocenters. The van der Waals surface area contributed by atoms with Gasteiger partial charge in [0.1, 0.15) is 11.9 Å². The number of hydrogen-bond acceptors (Lipinski definition) is 6. The van der Waals surface area contributed by atoms with E-state index in [1.165, 1.54) is 32.8 Å². The molecular formula is C13H20N4O2S. The minimum absolute atomic E-state index is 0.236. The first kappa shape index (κ1) is 13.9. The average molecular weight is 296 g/mol. The summed E-state index contributed by atoms with van der Waals surface area (Å²) < 4.78 is 7.08. The number of hydrogen-bond donors (Lipinski definition) is 1. The van der Waals surface area contributed by atoms with Crippen LogP contribution in [0.5, 0.6) is 0 Å². The molecule has 1 aromatic heterocycles. The van der Waals surface area contributed by atoms with Crippen LogP contribution in [0, 0.1) is 0 Å². The number of thioether (sulfide) groups is 1. The summed E-state index contributed by atoms with van der Waals surface area (Å²) in [6.07, 6.45) is 4.91. The van der Waals surface area contributed by atoms with Crippen LogP contribution in [0.15, 0.2) is 5.16 Å². The molecule has 0 bridgehead atoms. The zero-order valence-corrected chi connectivity index (χ0v) is 12.7. The molecule has 0 saturated heterocycles. The molecule has 6 nitrogen and oxygen atoms in total. The van der Waals surface area contributed by atoms with Crippen LogP contribution in [-0.2, 0) is 9.53 Å². The predicted molar refractivity (Wildman–Crippen MR) is 75.9 cm³/mol. The first-order chi connectivity index (χ1) is 9.74. The van der Waals surface area contributed by atoms with Crippen LogP contribution in [0.2, 0.25) is 0 Å². The highest BCUT2D eigenvalue weighted by Gasteiger charge is 2.36. The normalized spacial score (nSPS) is 19.9. The fourth-order valence-electron chi connectivity index (χ4n) is 2.25. The van der Waals surface area contributed by atoms with Gasteiger partial charge in [0.15, 0.2) is 5.16 Å². The first-order valence-corrected chi connectivity index (χ1v) is 8.05. The summed E-state index contributed by atoms with van der Waals surface area (Å²) in [6.45, 7) is 0. The quantitative estimate of drug-likeness (QED) is 0.605. The Balaban J connectivity index is 1.69. The molecule has 1 N–H and O–H groups in total. The van der Waals surface area contributed by atoms with Crippen molar-refractivity contribution in [1.82, 2.24) is 20.1 Å². The maximum absolute atomic E-state index is 11.6. The minimum atomic E-state index is -0.307. The van der Waals surface area contributed by atoms with Gasteiger partial charge in [0.25, 0.3) is 0 Å². The standard InChI is InChI=1S/C13H20N4O2S/c1-14-10(12(18)19-2)7-20-13-16-15-11(8-3-4-8)17(13)9-5-6-9/h8-10,14H,3-7H2,1-2H3. The number of nitrogens with zero attached hydrogens (tertiary/aromatic N) is 3. The van der Waals surface area contributed by atoms with Crippen molar-refractivity contribution in [2.45, 2.75) is 48.8 Å². The van der Waals surface area contributed by atoms with Gasteiger partial charge in [-0.25, -0.2) is 0 Å². The van der Waals surface area contributed by atoms with E-state index in [2.05, 4.69) is 20.1 Å². The molecule has 1 heterocycles. The van der Waals surface area contributed by atoms with Crippen LogP contribution in [-0.4, -0.2) is 46.7 Å². The molecule has 3 rings (SSSR count). The summed E-state index contributed by atoms with van der Waals surface area (Å²) >= 11 is 1.58. The smallest absolute Gasteiger partial charge is 0.323 e. The fourth-order valence-corrected chi connectivity index (χ4v) is 3.35. The van der Waals surface area contributed by atoms with Crippen molar-refractivity contribution in [2.24, 2.45) is 0 Å². The Bertz CT molecular complexity index is 497. The molecule has 0 aliphatic heterocycles. The molecule has 0 amide bonds. The van der Waals surface area contributed by atoms with Crippen LogP contribution in [0.1, 0.15) is 43.5 Å². The van der Waals surface area contributed by atoms with E-state index in [4.69, 9.17) is 4.74 Å². The number of esters is 1. The minimum Gasteiger partial charge on any atom is -0.468 e. The topological polar surface area (TPSA) is 69.0 Å². The third-order valence-corrected chi connectivity index (χ3v) is 4.80. The van der Waals surface area contributed by atoms with E-state index in [1.807, 2.05) is 0 Å². The number of carbonyl (C=O) groups excluding carboxylic acids is 1. The van der Waals surface area contributed by atoms with E-state index in [9.17, 15) is 4.79 Å². The van der Waals surface area contributed by atoms with Crippen molar-refractivity contribution < 1.29 is 9.53 Å². The van der Waals surface area contributed by atoms with Crippen molar-refractivity contribution >= 4 is 17.7 Å². The van der Waals surface area contributed by atoms with Gasteiger partial charge in [0.05, 0.1) is 7.11 Å². The van der Waals surface area contributed by atoms with Crippen LogP contribution < -0.4 is 5.32 Å². The van der Waals surface area contributed by atoms with Crippen molar-refractivity contribution in [2.75, 3.05) is 19.9 Å². The van der Waals surface area contributed by atoms with Gasteiger partial charge in [-0.15, -0.1) is 10.2 Å². The average Bonchev–Trinajstić information content (AvgIpc) is 3.38. The Morgan fingerprint density at radius 3 is 2.75 bits per heavy atom. The molecule has 2 aliphatic carbocycles. The van der Waals surface area contributed by atoms with Gasteiger partial charge in [-0.1, -0.05) is 11.8 Å². The second-order valence-corrected chi connectivity index (χ2v) is 6.38. The largest absolute Gasteiger partial charge is 0.468 e. The molecule has 2 saturated carbocycles. The van der Waals surface area contributed by atoms with E-state index >= 15 is 0 Å². The summed E-state index contributed by atoms with van der Waals surface area (Å²) in [5.41, 5.74) is 0. The molecule has 110 valence electrons. The number of rotatable bonds is 7. The van der Waals surface area contributed by atoms with Crippen molar-refractivity contribution in [3.05, 3.63) is 5.82 Å². The lowest BCUT2D eigenvalue weighted by atomic mass is 10.3. The second-order valence-electron chi connectivity index (χ2n) is 5.39. The number of likely N-dealkylation sites (N-methyl/N-ethyl adjacent to an activating group) is 1. The fraction of sp³-hybridized carbons (Fsp3) is 0.769.